The van der Waals surface area contributed by atoms with Gasteiger partial charge in [0.25, 0.3) is 0 Å². The minimum Gasteiger partial charge on any atom is -0.497 e. The van der Waals surface area contributed by atoms with Crippen molar-refractivity contribution >= 4 is 22.9 Å². The van der Waals surface area contributed by atoms with E-state index in [9.17, 15) is 0 Å². The Morgan fingerprint density at radius 2 is 1.92 bits per heavy atom. The smallest absolute Gasteiger partial charge is 0.229 e. The van der Waals surface area contributed by atoms with Gasteiger partial charge in [0.2, 0.25) is 5.95 Å². The minimum absolute atomic E-state index is 0.0742. The molecule has 0 spiro atoms. The fourth-order valence-corrected chi connectivity index (χ4v) is 4.71. The molecule has 1 aliphatic carbocycles. The number of hydrogen-bond acceptors (Lipinski definition) is 7. The summed E-state index contributed by atoms with van der Waals surface area (Å²) in [6.45, 7) is 10.9. The SMILES string of the molecule is COc1ccc(C2CN(c3nc(NC4=C(C)C=CCC(C(C)(C)C)=C4)c4c(ncn4C)n3)CCO2)cc1. The first-order chi connectivity index (χ1) is 17.7. The molecule has 0 amide bonds. The Morgan fingerprint density at radius 3 is 2.65 bits per heavy atom. The predicted octanol–water partition coefficient (Wildman–Crippen LogP) is 5.57. The van der Waals surface area contributed by atoms with E-state index in [-0.39, 0.29) is 11.5 Å². The highest BCUT2D eigenvalue weighted by Crippen LogP contribution is 2.34. The zero-order chi connectivity index (χ0) is 26.2. The molecule has 0 saturated carbocycles. The maximum Gasteiger partial charge on any atom is 0.229 e. The highest BCUT2D eigenvalue weighted by Gasteiger charge is 2.26. The molecule has 8 heteroatoms. The van der Waals surface area contributed by atoms with Gasteiger partial charge in [-0.1, -0.05) is 50.6 Å². The number of imidazole rings is 1. The first-order valence-corrected chi connectivity index (χ1v) is 12.8. The van der Waals surface area contributed by atoms with E-state index in [4.69, 9.17) is 19.4 Å². The van der Waals surface area contributed by atoms with Crippen molar-refractivity contribution in [2.24, 2.45) is 12.5 Å². The van der Waals surface area contributed by atoms with E-state index >= 15 is 0 Å². The van der Waals surface area contributed by atoms with Crippen LogP contribution in [0.2, 0.25) is 0 Å². The summed E-state index contributed by atoms with van der Waals surface area (Å²) in [6, 6.07) is 8.03. The number of benzene rings is 1. The highest BCUT2D eigenvalue weighted by molar-refractivity contribution is 5.85. The van der Waals surface area contributed by atoms with Crippen LogP contribution in [0.3, 0.4) is 0 Å². The van der Waals surface area contributed by atoms with E-state index in [0.29, 0.717) is 31.3 Å². The van der Waals surface area contributed by atoms with Crippen LogP contribution < -0.4 is 15.0 Å². The van der Waals surface area contributed by atoms with Gasteiger partial charge in [0.15, 0.2) is 11.5 Å². The maximum atomic E-state index is 6.11. The maximum absolute atomic E-state index is 6.11. The molecule has 1 aromatic carbocycles. The molecule has 37 heavy (non-hydrogen) atoms. The van der Waals surface area contributed by atoms with Gasteiger partial charge >= 0.3 is 0 Å². The molecule has 1 atom stereocenters. The first kappa shape index (κ1) is 25.0. The third kappa shape index (κ3) is 5.25. The van der Waals surface area contributed by atoms with Gasteiger partial charge < -0.3 is 24.3 Å². The van der Waals surface area contributed by atoms with Crippen molar-refractivity contribution in [1.82, 2.24) is 19.5 Å². The molecular weight excluding hydrogens is 464 g/mol. The van der Waals surface area contributed by atoms with Crippen LogP contribution in [0.1, 0.15) is 45.8 Å². The van der Waals surface area contributed by atoms with E-state index in [1.54, 1.807) is 13.4 Å². The molecule has 1 unspecified atom stereocenters. The standard InChI is InChI=1S/C29H36N6O2/c1-19-8-7-9-21(29(2,3)4)16-23(19)31-27-25-26(30-18-34(25)5)32-28(33-27)35-14-15-37-24(17-35)20-10-12-22(36-6)13-11-20/h7-8,10-13,16,18,24H,9,14-15,17H2,1-6H3,(H,31,32,33). The van der Waals surface area contributed by atoms with Gasteiger partial charge in [-0.25, -0.2) is 4.98 Å². The number of rotatable bonds is 5. The highest BCUT2D eigenvalue weighted by atomic mass is 16.5. The zero-order valence-corrected chi connectivity index (χ0v) is 22.6. The van der Waals surface area contributed by atoms with E-state index in [1.165, 1.54) is 11.1 Å². The molecule has 3 heterocycles. The summed E-state index contributed by atoms with van der Waals surface area (Å²) < 4.78 is 13.4. The fourth-order valence-electron chi connectivity index (χ4n) is 4.71. The second-order valence-electron chi connectivity index (χ2n) is 10.7. The van der Waals surface area contributed by atoms with Crippen molar-refractivity contribution in [3.8, 4) is 5.75 Å². The lowest BCUT2D eigenvalue weighted by molar-refractivity contribution is 0.0392. The lowest BCUT2D eigenvalue weighted by Crippen LogP contribution is -2.39. The van der Waals surface area contributed by atoms with Crippen LogP contribution in [-0.2, 0) is 11.8 Å². The van der Waals surface area contributed by atoms with Gasteiger partial charge in [-0.05, 0) is 48.1 Å². The van der Waals surface area contributed by atoms with Crippen LogP contribution in [0.15, 0.2) is 65.7 Å². The monoisotopic (exact) mass is 500 g/mol. The first-order valence-electron chi connectivity index (χ1n) is 12.8. The topological polar surface area (TPSA) is 77.3 Å². The Morgan fingerprint density at radius 1 is 1.14 bits per heavy atom. The van der Waals surface area contributed by atoms with E-state index in [1.807, 2.05) is 23.7 Å². The molecule has 1 N–H and O–H groups in total. The number of allylic oxidation sites excluding steroid dienone is 5. The Bertz CT molecular complexity index is 1380. The van der Waals surface area contributed by atoms with Crippen LogP contribution in [0.4, 0.5) is 11.8 Å². The molecule has 0 radical (unpaired) electrons. The number of fused-ring (bicyclic) bond motifs is 1. The van der Waals surface area contributed by atoms with E-state index in [0.717, 1.165) is 34.8 Å². The average molecular weight is 501 g/mol. The summed E-state index contributed by atoms with van der Waals surface area (Å²) in [6.07, 6.45) is 9.34. The molecule has 3 aromatic rings. The molecule has 1 saturated heterocycles. The van der Waals surface area contributed by atoms with Crippen molar-refractivity contribution in [3.63, 3.8) is 0 Å². The van der Waals surface area contributed by atoms with Gasteiger partial charge in [-0.2, -0.15) is 9.97 Å². The van der Waals surface area contributed by atoms with Crippen LogP contribution >= 0.6 is 0 Å². The minimum atomic E-state index is -0.0756. The van der Waals surface area contributed by atoms with Gasteiger partial charge in [0.1, 0.15) is 17.4 Å². The summed E-state index contributed by atoms with van der Waals surface area (Å²) in [7, 11) is 3.65. The van der Waals surface area contributed by atoms with Crippen molar-refractivity contribution in [2.75, 3.05) is 37.0 Å². The number of nitrogens with one attached hydrogen (secondary N) is 1. The Labute approximate surface area is 218 Å². The van der Waals surface area contributed by atoms with Crippen LogP contribution in [-0.4, -0.2) is 46.3 Å². The number of morpholine rings is 1. The third-order valence-corrected chi connectivity index (χ3v) is 7.06. The summed E-state index contributed by atoms with van der Waals surface area (Å²) >= 11 is 0. The molecule has 8 nitrogen and oxygen atoms in total. The number of ether oxygens (including phenoxy) is 2. The molecule has 2 aliphatic rings. The molecule has 194 valence electrons. The summed E-state index contributed by atoms with van der Waals surface area (Å²) in [5.41, 5.74) is 6.31. The summed E-state index contributed by atoms with van der Waals surface area (Å²) in [5.74, 6) is 2.23. The molecular formula is C29H36N6O2. The molecule has 0 bridgehead atoms. The largest absolute Gasteiger partial charge is 0.497 e. The lowest BCUT2D eigenvalue weighted by atomic mass is 9.84. The number of nitrogens with zero attached hydrogens (tertiary/aromatic N) is 5. The third-order valence-electron chi connectivity index (χ3n) is 7.06. The van der Waals surface area contributed by atoms with Crippen molar-refractivity contribution in [1.29, 1.82) is 0 Å². The predicted molar refractivity (Wildman–Crippen MR) is 148 cm³/mol. The number of anilines is 2. The Hall–Kier alpha value is -3.65. The lowest BCUT2D eigenvalue weighted by Gasteiger charge is -2.33. The van der Waals surface area contributed by atoms with E-state index in [2.05, 4.69) is 73.3 Å². The second-order valence-corrected chi connectivity index (χ2v) is 10.7. The number of methoxy groups -OCH3 is 1. The van der Waals surface area contributed by atoms with Crippen molar-refractivity contribution in [2.45, 2.75) is 40.2 Å². The molecule has 1 fully saturated rings. The summed E-state index contributed by atoms with van der Waals surface area (Å²) in [4.78, 5) is 16.6. The number of aromatic nitrogens is 4. The van der Waals surface area contributed by atoms with Crippen molar-refractivity contribution < 1.29 is 9.47 Å². The van der Waals surface area contributed by atoms with Crippen LogP contribution in [0.5, 0.6) is 5.75 Å². The second kappa shape index (κ2) is 10.0. The molecule has 2 aromatic heterocycles. The molecule has 5 rings (SSSR count). The van der Waals surface area contributed by atoms with Crippen LogP contribution in [0.25, 0.3) is 11.2 Å². The number of hydrogen-bond donors (Lipinski definition) is 1. The Balaban J connectivity index is 1.49. The zero-order valence-electron chi connectivity index (χ0n) is 22.6. The van der Waals surface area contributed by atoms with Gasteiger partial charge in [0.05, 0.1) is 26.6 Å². The van der Waals surface area contributed by atoms with Crippen LogP contribution in [0, 0.1) is 5.41 Å². The quantitative estimate of drug-likeness (QED) is 0.491. The van der Waals surface area contributed by atoms with E-state index < -0.39 is 0 Å². The van der Waals surface area contributed by atoms with Gasteiger partial charge in [0, 0.05) is 19.3 Å². The normalized spacial score (nSPS) is 18.7. The van der Waals surface area contributed by atoms with Crippen molar-refractivity contribution in [3.05, 3.63) is 71.2 Å². The summed E-state index contributed by atoms with van der Waals surface area (Å²) in [5, 5.41) is 3.65. The van der Waals surface area contributed by atoms with Gasteiger partial charge in [-0.3, -0.25) is 0 Å². The number of aryl methyl sites for hydroxylation is 1. The molecule has 1 aliphatic heterocycles. The fraction of sp³-hybridized carbons (Fsp3) is 0.414. The van der Waals surface area contributed by atoms with Gasteiger partial charge in [-0.15, -0.1) is 0 Å². The Kier molecular flexibility index (Phi) is 6.77. The average Bonchev–Trinajstić information content (AvgIpc) is 3.16.